The molecule has 40 heavy (non-hydrogen) atoms. The molecule has 1 fully saturated rings. The van der Waals surface area contributed by atoms with E-state index in [-0.39, 0.29) is 17.1 Å². The summed E-state index contributed by atoms with van der Waals surface area (Å²) in [4.78, 5) is 21.9. The smallest absolute Gasteiger partial charge is 0.263 e. The number of thiazole rings is 1. The molecule has 1 spiro atoms. The van der Waals surface area contributed by atoms with Crippen LogP contribution in [0, 0.1) is 5.82 Å². The molecule has 7 nitrogen and oxygen atoms in total. The number of benzene rings is 2. The first-order valence-electron chi connectivity index (χ1n) is 14.0. The Kier molecular flexibility index (Phi) is 8.33. The third kappa shape index (κ3) is 6.25. The van der Waals surface area contributed by atoms with E-state index in [1.54, 1.807) is 19.4 Å². The number of hydrogen-bond donors (Lipinski definition) is 1. The third-order valence-corrected chi connectivity index (χ3v) is 8.95. The molecule has 214 valence electrons. The summed E-state index contributed by atoms with van der Waals surface area (Å²) in [6, 6.07) is 14.0. The predicted molar refractivity (Wildman–Crippen MR) is 158 cm³/mol. The SMILES string of the molecule is COCCNC(=O)c1cnc(N2CCC3(CC2)CCN(Cc2ccc(C(C)(C)C)cc2)c2cccc(F)c2O3)s1. The number of halogens is 1. The molecule has 0 unspecified atom stereocenters. The van der Waals surface area contributed by atoms with Gasteiger partial charge in [-0.05, 0) is 28.7 Å². The average Bonchev–Trinajstić information content (AvgIpc) is 3.38. The van der Waals surface area contributed by atoms with E-state index in [0.717, 1.165) is 49.7 Å². The molecular weight excluding hydrogens is 527 g/mol. The van der Waals surface area contributed by atoms with Crippen LogP contribution in [0.4, 0.5) is 15.2 Å². The zero-order valence-corrected chi connectivity index (χ0v) is 24.7. The molecule has 1 amide bonds. The van der Waals surface area contributed by atoms with Crippen molar-refractivity contribution in [3.63, 3.8) is 0 Å². The number of carbonyl (C=O) groups is 1. The minimum absolute atomic E-state index is 0.0998. The van der Waals surface area contributed by atoms with Gasteiger partial charge in [0.1, 0.15) is 10.5 Å². The number of hydrogen-bond acceptors (Lipinski definition) is 7. The number of para-hydroxylation sites is 1. The van der Waals surface area contributed by atoms with Gasteiger partial charge in [0.25, 0.3) is 5.91 Å². The van der Waals surface area contributed by atoms with Crippen LogP contribution in [0.5, 0.6) is 5.75 Å². The van der Waals surface area contributed by atoms with Crippen LogP contribution in [-0.4, -0.2) is 56.4 Å². The molecular formula is C31H39FN4O3S. The molecule has 1 aromatic heterocycles. The van der Waals surface area contributed by atoms with E-state index >= 15 is 4.39 Å². The van der Waals surface area contributed by atoms with E-state index in [0.29, 0.717) is 30.3 Å². The number of rotatable bonds is 7. The summed E-state index contributed by atoms with van der Waals surface area (Å²) < 4.78 is 26.8. The largest absolute Gasteiger partial charge is 0.482 e. The fraction of sp³-hybridized carbons (Fsp3) is 0.484. The Hall–Kier alpha value is -3.17. The van der Waals surface area contributed by atoms with Crippen molar-refractivity contribution in [2.24, 2.45) is 0 Å². The number of nitrogens with zero attached hydrogens (tertiary/aromatic N) is 3. The maximum absolute atomic E-state index is 15.2. The first-order valence-corrected chi connectivity index (χ1v) is 14.8. The average molecular weight is 567 g/mol. The lowest BCUT2D eigenvalue weighted by atomic mass is 9.86. The van der Waals surface area contributed by atoms with Crippen LogP contribution in [0.3, 0.4) is 0 Å². The number of aromatic nitrogens is 1. The monoisotopic (exact) mass is 566 g/mol. The maximum Gasteiger partial charge on any atom is 0.263 e. The van der Waals surface area contributed by atoms with Crippen molar-refractivity contribution in [2.75, 3.05) is 49.7 Å². The Morgan fingerprint density at radius 1 is 1.12 bits per heavy atom. The van der Waals surface area contributed by atoms with Gasteiger partial charge in [0.05, 0.1) is 18.5 Å². The molecule has 0 saturated carbocycles. The molecule has 2 aliphatic rings. The molecule has 0 atom stereocenters. The molecule has 1 N–H and O–H groups in total. The van der Waals surface area contributed by atoms with Crippen molar-refractivity contribution in [2.45, 2.75) is 57.6 Å². The van der Waals surface area contributed by atoms with Crippen LogP contribution in [0.2, 0.25) is 0 Å². The number of ether oxygens (including phenoxy) is 2. The summed E-state index contributed by atoms with van der Waals surface area (Å²) in [7, 11) is 1.61. The second-order valence-electron chi connectivity index (χ2n) is 11.7. The van der Waals surface area contributed by atoms with Gasteiger partial charge in [-0.3, -0.25) is 4.79 Å². The number of methoxy groups -OCH3 is 1. The predicted octanol–water partition coefficient (Wildman–Crippen LogP) is 5.78. The molecule has 0 aliphatic carbocycles. The van der Waals surface area contributed by atoms with E-state index in [4.69, 9.17) is 9.47 Å². The highest BCUT2D eigenvalue weighted by Crippen LogP contribution is 2.43. The maximum atomic E-state index is 15.2. The Balaban J connectivity index is 1.28. The number of anilines is 2. The molecule has 3 aromatic rings. The topological polar surface area (TPSA) is 66.9 Å². The molecule has 0 radical (unpaired) electrons. The molecule has 2 aromatic carbocycles. The molecule has 9 heteroatoms. The van der Waals surface area contributed by atoms with Crippen molar-refractivity contribution in [1.29, 1.82) is 0 Å². The second kappa shape index (κ2) is 11.7. The Labute approximate surface area is 240 Å². The van der Waals surface area contributed by atoms with Crippen molar-refractivity contribution in [3.05, 3.63) is 70.5 Å². The summed E-state index contributed by atoms with van der Waals surface area (Å²) in [6.07, 6.45) is 3.94. The highest BCUT2D eigenvalue weighted by atomic mass is 32.1. The standard InChI is InChI=1S/C31H39FN4O3S/c1-30(2,3)23-10-8-22(9-11-23)21-36-18-14-31(39-27-24(32)6-5-7-25(27)36)12-16-35(17-13-31)29-34-20-26(40-29)28(37)33-15-19-38-4/h5-11,20H,12-19,21H2,1-4H3,(H,33,37). The van der Waals surface area contributed by atoms with Gasteiger partial charge in [0, 0.05) is 59.1 Å². The van der Waals surface area contributed by atoms with E-state index in [2.05, 4.69) is 65.1 Å². The zero-order valence-electron chi connectivity index (χ0n) is 23.8. The van der Waals surface area contributed by atoms with E-state index in [1.807, 2.05) is 6.07 Å². The Bertz CT molecular complexity index is 1310. The highest BCUT2D eigenvalue weighted by Gasteiger charge is 2.41. The quantitative estimate of drug-likeness (QED) is 0.366. The van der Waals surface area contributed by atoms with Gasteiger partial charge in [-0.25, -0.2) is 9.37 Å². The normalized spacial score (nSPS) is 16.8. The number of nitrogens with one attached hydrogen (secondary N) is 1. The molecule has 3 heterocycles. The van der Waals surface area contributed by atoms with E-state index in [9.17, 15) is 4.79 Å². The van der Waals surface area contributed by atoms with Gasteiger partial charge in [0.15, 0.2) is 16.7 Å². The lowest BCUT2D eigenvalue weighted by molar-refractivity contribution is 0.0375. The first kappa shape index (κ1) is 28.4. The van der Waals surface area contributed by atoms with Gasteiger partial charge in [-0.15, -0.1) is 0 Å². The van der Waals surface area contributed by atoms with Crippen LogP contribution < -0.4 is 19.9 Å². The van der Waals surface area contributed by atoms with Crippen molar-refractivity contribution >= 4 is 28.1 Å². The summed E-state index contributed by atoms with van der Waals surface area (Å²) >= 11 is 1.39. The number of amides is 1. The van der Waals surface area contributed by atoms with Crippen LogP contribution in [0.15, 0.2) is 48.7 Å². The lowest BCUT2D eigenvalue weighted by Gasteiger charge is -2.41. The minimum atomic E-state index is -0.449. The van der Waals surface area contributed by atoms with Gasteiger partial charge in [-0.1, -0.05) is 62.4 Å². The van der Waals surface area contributed by atoms with Gasteiger partial charge >= 0.3 is 0 Å². The van der Waals surface area contributed by atoms with Crippen LogP contribution in [0.25, 0.3) is 0 Å². The lowest BCUT2D eigenvalue weighted by Crippen LogP contribution is -2.48. The fourth-order valence-corrected chi connectivity index (χ4v) is 6.28. The number of piperidine rings is 1. The summed E-state index contributed by atoms with van der Waals surface area (Å²) in [6.45, 7) is 10.5. The van der Waals surface area contributed by atoms with Crippen molar-refractivity contribution < 1.29 is 18.7 Å². The summed E-state index contributed by atoms with van der Waals surface area (Å²) in [5.74, 6) is -0.107. The van der Waals surface area contributed by atoms with Crippen LogP contribution in [-0.2, 0) is 16.7 Å². The summed E-state index contributed by atoms with van der Waals surface area (Å²) in [5.41, 5.74) is 2.95. The molecule has 0 bridgehead atoms. The van der Waals surface area contributed by atoms with Crippen LogP contribution in [0.1, 0.15) is 60.8 Å². The number of fused-ring (bicyclic) bond motifs is 1. The van der Waals surface area contributed by atoms with Crippen LogP contribution >= 0.6 is 11.3 Å². The number of carbonyl (C=O) groups excluding carboxylic acids is 1. The van der Waals surface area contributed by atoms with Gasteiger partial charge < -0.3 is 24.6 Å². The zero-order chi connectivity index (χ0) is 28.3. The highest BCUT2D eigenvalue weighted by molar-refractivity contribution is 7.17. The van der Waals surface area contributed by atoms with E-state index in [1.165, 1.54) is 28.5 Å². The third-order valence-electron chi connectivity index (χ3n) is 7.89. The van der Waals surface area contributed by atoms with Crippen molar-refractivity contribution in [3.8, 4) is 5.75 Å². The Morgan fingerprint density at radius 2 is 1.85 bits per heavy atom. The molecule has 2 aliphatic heterocycles. The second-order valence-corrected chi connectivity index (χ2v) is 12.7. The van der Waals surface area contributed by atoms with Gasteiger partial charge in [-0.2, -0.15) is 0 Å². The Morgan fingerprint density at radius 3 is 2.55 bits per heavy atom. The fourth-order valence-electron chi connectivity index (χ4n) is 5.40. The van der Waals surface area contributed by atoms with Gasteiger partial charge in [0.2, 0.25) is 0 Å². The minimum Gasteiger partial charge on any atom is -0.482 e. The molecule has 1 saturated heterocycles. The first-order chi connectivity index (χ1) is 19.2. The van der Waals surface area contributed by atoms with Crippen molar-refractivity contribution in [1.82, 2.24) is 10.3 Å². The molecule has 5 rings (SSSR count). The van der Waals surface area contributed by atoms with E-state index < -0.39 is 5.60 Å². The summed E-state index contributed by atoms with van der Waals surface area (Å²) in [5, 5.41) is 3.67.